The minimum absolute atomic E-state index is 0.445. The van der Waals surface area contributed by atoms with Crippen LogP contribution < -0.4 is 0 Å². The summed E-state index contributed by atoms with van der Waals surface area (Å²) in [7, 11) is 0. The zero-order valence-electron chi connectivity index (χ0n) is 28.7. The first kappa shape index (κ1) is 29.7. The maximum atomic E-state index is 5.30. The Morgan fingerprint density at radius 3 is 1.47 bits per heavy atom. The fourth-order valence-corrected chi connectivity index (χ4v) is 8.86. The molecule has 8 aromatic carbocycles. The second-order valence-electron chi connectivity index (χ2n) is 13.9. The number of hydrogen-bond acceptors (Lipinski definition) is 3. The summed E-state index contributed by atoms with van der Waals surface area (Å²) in [5.74, 6) is 1.96. The topological polar surface area (TPSA) is 38.7 Å². The first-order valence-electron chi connectivity index (χ1n) is 18.1. The van der Waals surface area contributed by atoms with Crippen LogP contribution in [0.4, 0.5) is 0 Å². The Morgan fingerprint density at radius 1 is 0.283 bits per heavy atom. The van der Waals surface area contributed by atoms with Gasteiger partial charge in [-0.2, -0.15) is 0 Å². The molecule has 0 fully saturated rings. The van der Waals surface area contributed by atoms with Crippen LogP contribution in [0.1, 0.15) is 22.3 Å². The van der Waals surface area contributed by atoms with Gasteiger partial charge in [-0.3, -0.25) is 0 Å². The normalized spacial score (nSPS) is 13.1. The molecule has 0 amide bonds. The lowest BCUT2D eigenvalue weighted by molar-refractivity contribution is 0.794. The summed E-state index contributed by atoms with van der Waals surface area (Å²) in [5, 5.41) is 2.33. The Kier molecular flexibility index (Phi) is 6.47. The Labute approximate surface area is 308 Å². The van der Waals surface area contributed by atoms with Crippen LogP contribution in [-0.4, -0.2) is 15.0 Å². The van der Waals surface area contributed by atoms with Crippen molar-refractivity contribution in [3.05, 3.63) is 210 Å². The summed E-state index contributed by atoms with van der Waals surface area (Å²) in [6.45, 7) is 0. The number of hydrogen-bond donors (Lipinski definition) is 0. The van der Waals surface area contributed by atoms with Crippen LogP contribution in [0.15, 0.2) is 188 Å². The van der Waals surface area contributed by atoms with Crippen molar-refractivity contribution in [2.75, 3.05) is 0 Å². The highest BCUT2D eigenvalue weighted by atomic mass is 15.0. The minimum Gasteiger partial charge on any atom is -0.208 e. The van der Waals surface area contributed by atoms with Gasteiger partial charge in [0.1, 0.15) is 0 Å². The van der Waals surface area contributed by atoms with Crippen LogP contribution >= 0.6 is 0 Å². The molecule has 0 radical (unpaired) electrons. The van der Waals surface area contributed by atoms with Crippen LogP contribution in [0.5, 0.6) is 0 Å². The number of aromatic nitrogens is 3. The maximum Gasteiger partial charge on any atom is 0.164 e. The molecule has 0 N–H and O–H groups in total. The number of benzene rings is 8. The van der Waals surface area contributed by atoms with E-state index in [1.165, 1.54) is 55.5 Å². The number of fused-ring (bicyclic) bond motifs is 11. The standard InChI is InChI=1S/C50H31N3/c1-2-13-32(14-3-1)34-25-28-35(29-26-34)47-51-48(37-30-27-33-15-4-5-16-36(33)31-37)53-49(52-47)41-20-12-24-45-46(41)40-19-8-11-23-44(40)50(45)42-21-9-6-17-38(42)39-18-7-10-22-43(39)50/h1-31H. The van der Waals surface area contributed by atoms with Gasteiger partial charge in [0.2, 0.25) is 0 Å². The lowest BCUT2D eigenvalue weighted by Gasteiger charge is -2.30. The molecule has 1 aromatic heterocycles. The van der Waals surface area contributed by atoms with Crippen LogP contribution in [-0.2, 0) is 5.41 Å². The van der Waals surface area contributed by atoms with Crippen molar-refractivity contribution < 1.29 is 0 Å². The molecule has 9 aromatic rings. The smallest absolute Gasteiger partial charge is 0.164 e. The van der Waals surface area contributed by atoms with Gasteiger partial charge >= 0.3 is 0 Å². The van der Waals surface area contributed by atoms with Gasteiger partial charge in [0, 0.05) is 16.7 Å². The molecule has 0 unspecified atom stereocenters. The van der Waals surface area contributed by atoms with Crippen molar-refractivity contribution in [1.82, 2.24) is 15.0 Å². The first-order chi connectivity index (χ1) is 26.3. The monoisotopic (exact) mass is 673 g/mol. The predicted molar refractivity (Wildman–Crippen MR) is 215 cm³/mol. The summed E-state index contributed by atoms with van der Waals surface area (Å²) in [6.07, 6.45) is 0. The third kappa shape index (κ3) is 4.38. The van der Waals surface area contributed by atoms with E-state index in [0.717, 1.165) is 27.6 Å². The molecule has 1 spiro atoms. The van der Waals surface area contributed by atoms with E-state index in [1.54, 1.807) is 0 Å². The van der Waals surface area contributed by atoms with Gasteiger partial charge in [0.15, 0.2) is 17.5 Å². The number of rotatable bonds is 4. The molecule has 2 aliphatic rings. The highest BCUT2D eigenvalue weighted by Crippen LogP contribution is 2.63. The zero-order valence-corrected chi connectivity index (χ0v) is 28.7. The molecule has 2 aliphatic carbocycles. The van der Waals surface area contributed by atoms with Crippen LogP contribution in [0, 0.1) is 0 Å². The van der Waals surface area contributed by atoms with Crippen molar-refractivity contribution in [3.63, 3.8) is 0 Å². The van der Waals surface area contributed by atoms with Gasteiger partial charge in [-0.25, -0.2) is 15.0 Å². The third-order valence-corrected chi connectivity index (χ3v) is 11.2. The van der Waals surface area contributed by atoms with E-state index in [0.29, 0.717) is 17.5 Å². The maximum absolute atomic E-state index is 5.30. The van der Waals surface area contributed by atoms with Crippen molar-refractivity contribution >= 4 is 10.8 Å². The molecular formula is C50H31N3. The van der Waals surface area contributed by atoms with E-state index in [1.807, 2.05) is 6.07 Å². The van der Waals surface area contributed by atoms with Gasteiger partial charge in [0.25, 0.3) is 0 Å². The van der Waals surface area contributed by atoms with Crippen LogP contribution in [0.25, 0.3) is 78.3 Å². The lowest BCUT2D eigenvalue weighted by Crippen LogP contribution is -2.25. The largest absolute Gasteiger partial charge is 0.208 e. The third-order valence-electron chi connectivity index (χ3n) is 11.2. The van der Waals surface area contributed by atoms with Gasteiger partial charge < -0.3 is 0 Å². The molecule has 0 atom stereocenters. The van der Waals surface area contributed by atoms with E-state index in [-0.39, 0.29) is 0 Å². The Morgan fingerprint density at radius 2 is 0.755 bits per heavy atom. The minimum atomic E-state index is -0.445. The molecule has 3 heteroatoms. The Hall–Kier alpha value is -6.97. The van der Waals surface area contributed by atoms with E-state index in [4.69, 9.17) is 15.0 Å². The fourth-order valence-electron chi connectivity index (χ4n) is 8.86. The quantitative estimate of drug-likeness (QED) is 0.187. The SMILES string of the molecule is c1ccc(-c2ccc(-c3nc(-c4ccc5ccccc5c4)nc(-c4cccc5c4-c4ccccc4C54c5ccccc5-c5ccccc54)n3)cc2)cc1. The molecule has 0 saturated heterocycles. The zero-order chi connectivity index (χ0) is 34.9. The molecule has 53 heavy (non-hydrogen) atoms. The van der Waals surface area contributed by atoms with Gasteiger partial charge in [-0.1, -0.05) is 182 Å². The highest BCUT2D eigenvalue weighted by molar-refractivity contribution is 5.99. The van der Waals surface area contributed by atoms with E-state index >= 15 is 0 Å². The van der Waals surface area contributed by atoms with Gasteiger partial charge in [-0.15, -0.1) is 0 Å². The second-order valence-corrected chi connectivity index (χ2v) is 13.9. The molecule has 246 valence electrons. The molecule has 0 bridgehead atoms. The summed E-state index contributed by atoms with van der Waals surface area (Å²) in [4.78, 5) is 15.8. The molecule has 3 nitrogen and oxygen atoms in total. The van der Waals surface area contributed by atoms with Crippen LogP contribution in [0.3, 0.4) is 0 Å². The van der Waals surface area contributed by atoms with Crippen molar-refractivity contribution in [2.45, 2.75) is 5.41 Å². The second kappa shape index (κ2) is 11.5. The van der Waals surface area contributed by atoms with E-state index in [2.05, 4.69) is 182 Å². The van der Waals surface area contributed by atoms with Crippen LogP contribution in [0.2, 0.25) is 0 Å². The van der Waals surface area contributed by atoms with Gasteiger partial charge in [0.05, 0.1) is 5.41 Å². The fraction of sp³-hybridized carbons (Fsp3) is 0.0200. The first-order valence-corrected chi connectivity index (χ1v) is 18.1. The predicted octanol–water partition coefficient (Wildman–Crippen LogP) is 12.0. The van der Waals surface area contributed by atoms with E-state index < -0.39 is 5.41 Å². The summed E-state index contributed by atoms with van der Waals surface area (Å²) in [6, 6.07) is 67.3. The molecule has 1 heterocycles. The number of nitrogens with zero attached hydrogens (tertiary/aromatic N) is 3. The molecular weight excluding hydrogens is 643 g/mol. The van der Waals surface area contributed by atoms with Crippen molar-refractivity contribution in [2.24, 2.45) is 0 Å². The molecule has 0 aliphatic heterocycles. The Bertz CT molecular complexity index is 2850. The Balaban J connectivity index is 1.16. The molecule has 11 rings (SSSR count). The van der Waals surface area contributed by atoms with Crippen molar-refractivity contribution in [1.29, 1.82) is 0 Å². The average Bonchev–Trinajstić information content (AvgIpc) is 3.71. The summed E-state index contributed by atoms with van der Waals surface area (Å²) in [5.41, 5.74) is 14.9. The van der Waals surface area contributed by atoms with E-state index in [9.17, 15) is 0 Å². The summed E-state index contributed by atoms with van der Waals surface area (Å²) < 4.78 is 0. The lowest BCUT2D eigenvalue weighted by atomic mass is 9.70. The molecule has 0 saturated carbocycles. The summed E-state index contributed by atoms with van der Waals surface area (Å²) >= 11 is 0. The highest BCUT2D eigenvalue weighted by Gasteiger charge is 2.52. The average molecular weight is 674 g/mol. The van der Waals surface area contributed by atoms with Crippen molar-refractivity contribution in [3.8, 4) is 67.5 Å². The van der Waals surface area contributed by atoms with Gasteiger partial charge in [-0.05, 0) is 72.5 Å².